The minimum absolute atomic E-state index is 0.00510. The van der Waals surface area contributed by atoms with Gasteiger partial charge < -0.3 is 5.32 Å². The molecule has 1 fully saturated rings. The predicted octanol–water partition coefficient (Wildman–Crippen LogP) is 2.62. The number of halogens is 1. The van der Waals surface area contributed by atoms with Crippen LogP contribution in [0.25, 0.3) is 0 Å². The molecule has 1 aromatic rings. The fourth-order valence-electron chi connectivity index (χ4n) is 2.02. The van der Waals surface area contributed by atoms with E-state index in [-0.39, 0.29) is 11.9 Å². The van der Waals surface area contributed by atoms with Gasteiger partial charge in [0.2, 0.25) is 5.91 Å². The number of rotatable bonds is 3. The van der Waals surface area contributed by atoms with Gasteiger partial charge in [-0.25, -0.2) is 4.31 Å². The summed E-state index contributed by atoms with van der Waals surface area (Å²) >= 11 is 7.77. The summed E-state index contributed by atoms with van der Waals surface area (Å²) < 4.78 is 2.03. The number of likely N-dealkylation sites (N-methyl/N-ethyl adjacent to an activating group) is 1. The van der Waals surface area contributed by atoms with Gasteiger partial charge in [0.25, 0.3) is 0 Å². The van der Waals surface area contributed by atoms with E-state index in [1.807, 2.05) is 36.5 Å². The van der Waals surface area contributed by atoms with Gasteiger partial charge in [-0.3, -0.25) is 4.79 Å². The fourth-order valence-corrected chi connectivity index (χ4v) is 3.21. The van der Waals surface area contributed by atoms with Gasteiger partial charge in [-0.2, -0.15) is 0 Å². The van der Waals surface area contributed by atoms with Crippen LogP contribution in [0.4, 0.5) is 0 Å². The Morgan fingerprint density at radius 1 is 1.61 bits per heavy atom. The van der Waals surface area contributed by atoms with Crippen LogP contribution in [0.1, 0.15) is 17.5 Å². The lowest BCUT2D eigenvalue weighted by Crippen LogP contribution is -2.39. The third-order valence-corrected chi connectivity index (χ3v) is 4.75. The van der Waals surface area contributed by atoms with E-state index in [0.29, 0.717) is 6.54 Å². The van der Waals surface area contributed by atoms with E-state index in [1.54, 1.807) is 11.9 Å². The Morgan fingerprint density at radius 3 is 3.06 bits per heavy atom. The Morgan fingerprint density at radius 2 is 2.39 bits per heavy atom. The maximum absolute atomic E-state index is 12.0. The lowest BCUT2D eigenvalue weighted by molar-refractivity contribution is -0.124. The third kappa shape index (κ3) is 2.99. The van der Waals surface area contributed by atoms with Crippen molar-refractivity contribution in [3.8, 4) is 0 Å². The number of amides is 1. The van der Waals surface area contributed by atoms with Crippen molar-refractivity contribution in [3.05, 3.63) is 34.3 Å². The van der Waals surface area contributed by atoms with Crippen molar-refractivity contribution in [2.24, 2.45) is 0 Å². The SMILES string of the molecule is Cc1c(Cl)cccc1CNC(=O)C1CCSN1C. The number of nitrogens with zero attached hydrogens (tertiary/aromatic N) is 1. The fraction of sp³-hybridized carbons (Fsp3) is 0.462. The van der Waals surface area contributed by atoms with Crippen molar-refractivity contribution in [1.82, 2.24) is 9.62 Å². The van der Waals surface area contributed by atoms with Gasteiger partial charge in [-0.05, 0) is 37.6 Å². The Balaban J connectivity index is 1.95. The van der Waals surface area contributed by atoms with Crippen LogP contribution >= 0.6 is 23.5 Å². The highest BCUT2D eigenvalue weighted by atomic mass is 35.5. The molecule has 1 unspecified atom stereocenters. The highest BCUT2D eigenvalue weighted by Crippen LogP contribution is 2.24. The summed E-state index contributed by atoms with van der Waals surface area (Å²) in [6.07, 6.45) is 0.918. The molecular formula is C13H17ClN2OS. The predicted molar refractivity (Wildman–Crippen MR) is 76.7 cm³/mol. The molecule has 1 aromatic carbocycles. The van der Waals surface area contributed by atoms with E-state index in [9.17, 15) is 4.79 Å². The molecule has 0 saturated carbocycles. The van der Waals surface area contributed by atoms with Crippen LogP contribution in [0.3, 0.4) is 0 Å². The molecule has 1 saturated heterocycles. The van der Waals surface area contributed by atoms with Gasteiger partial charge in [-0.1, -0.05) is 35.7 Å². The molecule has 0 aliphatic carbocycles. The van der Waals surface area contributed by atoms with Gasteiger partial charge in [0.15, 0.2) is 0 Å². The average Bonchev–Trinajstić information content (AvgIpc) is 2.77. The molecule has 0 radical (unpaired) electrons. The average molecular weight is 285 g/mol. The molecule has 3 nitrogen and oxygen atoms in total. The van der Waals surface area contributed by atoms with Crippen LogP contribution in [0.5, 0.6) is 0 Å². The first-order chi connectivity index (χ1) is 8.59. The van der Waals surface area contributed by atoms with Gasteiger partial charge in [-0.15, -0.1) is 0 Å². The van der Waals surface area contributed by atoms with E-state index in [2.05, 4.69) is 5.32 Å². The quantitative estimate of drug-likeness (QED) is 0.866. The number of nitrogens with one attached hydrogen (secondary N) is 1. The molecule has 18 heavy (non-hydrogen) atoms. The first-order valence-corrected chi connectivity index (χ1v) is 7.29. The summed E-state index contributed by atoms with van der Waals surface area (Å²) in [5.74, 6) is 1.12. The topological polar surface area (TPSA) is 32.3 Å². The summed E-state index contributed by atoms with van der Waals surface area (Å²) in [5.41, 5.74) is 2.11. The minimum Gasteiger partial charge on any atom is -0.351 e. The molecular weight excluding hydrogens is 268 g/mol. The van der Waals surface area contributed by atoms with Gasteiger partial charge in [0.05, 0.1) is 6.04 Å². The Kier molecular flexibility index (Phi) is 4.54. The molecule has 1 aliphatic heterocycles. The molecule has 98 valence electrons. The van der Waals surface area contributed by atoms with Crippen molar-refractivity contribution >= 4 is 29.5 Å². The van der Waals surface area contributed by atoms with E-state index in [0.717, 1.165) is 28.3 Å². The largest absolute Gasteiger partial charge is 0.351 e. The first kappa shape index (κ1) is 13.7. The molecule has 1 atom stereocenters. The van der Waals surface area contributed by atoms with Gasteiger partial charge >= 0.3 is 0 Å². The summed E-state index contributed by atoms with van der Waals surface area (Å²) in [4.78, 5) is 12.0. The Hall–Kier alpha value is -0.710. The number of hydrogen-bond acceptors (Lipinski definition) is 3. The molecule has 0 spiro atoms. The van der Waals surface area contributed by atoms with Crippen LogP contribution < -0.4 is 5.32 Å². The molecule has 5 heteroatoms. The van der Waals surface area contributed by atoms with Crippen LogP contribution in [0, 0.1) is 6.92 Å². The van der Waals surface area contributed by atoms with E-state index < -0.39 is 0 Å². The number of carbonyl (C=O) groups excluding carboxylic acids is 1. The van der Waals surface area contributed by atoms with Crippen molar-refractivity contribution < 1.29 is 4.79 Å². The normalized spacial score (nSPS) is 20.1. The monoisotopic (exact) mass is 284 g/mol. The summed E-state index contributed by atoms with van der Waals surface area (Å²) in [6.45, 7) is 2.52. The second kappa shape index (κ2) is 5.95. The standard InChI is InChI=1S/C13H17ClN2OS/c1-9-10(4-3-5-11(9)14)8-15-13(17)12-6-7-18-16(12)2/h3-5,12H,6-8H2,1-2H3,(H,15,17). The Bertz CT molecular complexity index is 453. The van der Waals surface area contributed by atoms with Crippen molar-refractivity contribution in [2.45, 2.75) is 25.9 Å². The van der Waals surface area contributed by atoms with E-state index in [1.165, 1.54) is 0 Å². The molecule has 0 aromatic heterocycles. The molecule has 0 bridgehead atoms. The minimum atomic E-state index is -0.00510. The lowest BCUT2D eigenvalue weighted by Gasteiger charge is -2.18. The van der Waals surface area contributed by atoms with Crippen molar-refractivity contribution in [2.75, 3.05) is 12.8 Å². The summed E-state index contributed by atoms with van der Waals surface area (Å²) in [7, 11) is 1.96. The zero-order chi connectivity index (χ0) is 13.1. The summed E-state index contributed by atoms with van der Waals surface area (Å²) in [5, 5.41) is 3.73. The van der Waals surface area contributed by atoms with E-state index in [4.69, 9.17) is 11.6 Å². The first-order valence-electron chi connectivity index (χ1n) is 5.97. The molecule has 1 amide bonds. The zero-order valence-corrected chi connectivity index (χ0v) is 12.1. The van der Waals surface area contributed by atoms with Gasteiger partial charge in [0, 0.05) is 17.3 Å². The second-order valence-corrected chi connectivity index (χ2v) is 6.08. The third-order valence-electron chi connectivity index (χ3n) is 3.26. The highest BCUT2D eigenvalue weighted by Gasteiger charge is 2.28. The van der Waals surface area contributed by atoms with Crippen molar-refractivity contribution in [3.63, 3.8) is 0 Å². The smallest absolute Gasteiger partial charge is 0.238 e. The maximum Gasteiger partial charge on any atom is 0.238 e. The van der Waals surface area contributed by atoms with Crippen LogP contribution in [-0.4, -0.2) is 29.1 Å². The second-order valence-electron chi connectivity index (χ2n) is 4.43. The van der Waals surface area contributed by atoms with Crippen LogP contribution in [0.15, 0.2) is 18.2 Å². The zero-order valence-electron chi connectivity index (χ0n) is 10.6. The molecule has 1 N–H and O–H groups in total. The molecule has 1 aliphatic rings. The number of carbonyl (C=O) groups is 1. The Labute approximate surface area is 117 Å². The van der Waals surface area contributed by atoms with Crippen LogP contribution in [0.2, 0.25) is 5.02 Å². The summed E-state index contributed by atoms with van der Waals surface area (Å²) in [6, 6.07) is 5.77. The number of benzene rings is 1. The van der Waals surface area contributed by atoms with Crippen LogP contribution in [-0.2, 0) is 11.3 Å². The number of hydrogen-bond donors (Lipinski definition) is 1. The van der Waals surface area contributed by atoms with Crippen molar-refractivity contribution in [1.29, 1.82) is 0 Å². The highest BCUT2D eigenvalue weighted by molar-refractivity contribution is 7.97. The van der Waals surface area contributed by atoms with E-state index >= 15 is 0 Å². The molecule has 2 rings (SSSR count). The van der Waals surface area contributed by atoms with Gasteiger partial charge in [0.1, 0.15) is 0 Å². The maximum atomic E-state index is 12.0. The molecule has 1 heterocycles. The lowest BCUT2D eigenvalue weighted by atomic mass is 10.1.